The number of hydrogen-bond donors (Lipinski definition) is 2. The summed E-state index contributed by atoms with van der Waals surface area (Å²) < 4.78 is 18.7. The maximum atomic E-state index is 6.37. The molecule has 5 aromatic heterocycles. The number of methoxy groups -OCH3 is 2. The summed E-state index contributed by atoms with van der Waals surface area (Å²) in [5, 5.41) is 9.75. The highest BCUT2D eigenvalue weighted by molar-refractivity contribution is 7.13. The molecule has 0 aliphatic rings. The van der Waals surface area contributed by atoms with Gasteiger partial charge in [-0.25, -0.2) is 9.97 Å². The summed E-state index contributed by atoms with van der Waals surface area (Å²) >= 11 is 1.57. The largest absolute Gasteiger partial charge is 0.493 e. The topological polar surface area (TPSA) is 149 Å². The number of anilines is 1. The number of pyridine rings is 3. The van der Waals surface area contributed by atoms with Gasteiger partial charge in [0.2, 0.25) is 0 Å². The molecule has 0 unspecified atom stereocenters. The minimum absolute atomic E-state index is 0.281. The van der Waals surface area contributed by atoms with Crippen LogP contribution in [0.4, 0.5) is 5.82 Å². The lowest BCUT2D eigenvalue weighted by molar-refractivity contribution is 0.271. The third-order valence-corrected chi connectivity index (χ3v) is 7.24. The van der Waals surface area contributed by atoms with Crippen molar-refractivity contribution < 1.29 is 14.2 Å². The number of nitrogens with two attached hydrogens (primary N) is 2. The van der Waals surface area contributed by atoms with Crippen LogP contribution in [0, 0.1) is 0 Å². The highest BCUT2D eigenvalue weighted by Crippen LogP contribution is 2.37. The summed E-state index contributed by atoms with van der Waals surface area (Å²) in [5.74, 6) is 2.14. The normalized spacial score (nSPS) is 12.1. The van der Waals surface area contributed by atoms with E-state index in [2.05, 4.69) is 25.0 Å². The van der Waals surface area contributed by atoms with Crippen LogP contribution in [0.25, 0.3) is 43.5 Å². The zero-order chi connectivity index (χ0) is 27.6. The SMILES string of the molecule is COc1cc2ncc3c(N)nc(-c4cncc(OC[C@H](N)Cn5cc(-c6nccs6)cn5)c4)cc3c2cc1OC. The first-order chi connectivity index (χ1) is 19.5. The van der Waals surface area contributed by atoms with E-state index in [1.165, 1.54) is 0 Å². The summed E-state index contributed by atoms with van der Waals surface area (Å²) in [7, 11) is 3.19. The summed E-state index contributed by atoms with van der Waals surface area (Å²) in [6, 6.07) is 7.28. The van der Waals surface area contributed by atoms with Crippen molar-refractivity contribution in [3.05, 3.63) is 66.8 Å². The first-order valence-corrected chi connectivity index (χ1v) is 13.3. The highest BCUT2D eigenvalue weighted by atomic mass is 32.1. The molecule has 6 rings (SSSR count). The van der Waals surface area contributed by atoms with Gasteiger partial charge < -0.3 is 25.7 Å². The fourth-order valence-electron chi connectivity index (χ4n) is 4.48. The van der Waals surface area contributed by atoms with Crippen LogP contribution in [-0.2, 0) is 6.54 Å². The van der Waals surface area contributed by atoms with Gasteiger partial charge in [-0.05, 0) is 23.6 Å². The van der Waals surface area contributed by atoms with Crippen molar-refractivity contribution in [3.63, 3.8) is 0 Å². The predicted octanol–water partition coefficient (Wildman–Crippen LogP) is 4.17. The molecule has 0 amide bonds. The van der Waals surface area contributed by atoms with Gasteiger partial charge in [0.05, 0.1) is 50.4 Å². The molecule has 0 fully saturated rings. The average Bonchev–Trinajstić information content (AvgIpc) is 3.68. The molecule has 5 heterocycles. The fraction of sp³-hybridized carbons (Fsp3) is 0.179. The van der Waals surface area contributed by atoms with Crippen molar-refractivity contribution in [3.8, 4) is 39.1 Å². The average molecular weight is 555 g/mol. The van der Waals surface area contributed by atoms with E-state index in [0.717, 1.165) is 37.8 Å². The van der Waals surface area contributed by atoms with Crippen LogP contribution in [0.5, 0.6) is 17.2 Å². The fourth-order valence-corrected chi connectivity index (χ4v) is 5.09. The van der Waals surface area contributed by atoms with Gasteiger partial charge in [-0.3, -0.25) is 14.6 Å². The molecular weight excluding hydrogens is 528 g/mol. The third kappa shape index (κ3) is 4.97. The number of hydrogen-bond acceptors (Lipinski definition) is 11. The molecule has 1 aromatic carbocycles. The van der Waals surface area contributed by atoms with E-state index in [1.54, 1.807) is 61.2 Å². The number of rotatable bonds is 9. The Labute approximate surface area is 233 Å². The van der Waals surface area contributed by atoms with Crippen molar-refractivity contribution in [1.82, 2.24) is 29.7 Å². The highest BCUT2D eigenvalue weighted by Gasteiger charge is 2.15. The molecule has 0 aliphatic carbocycles. The van der Waals surface area contributed by atoms with Crippen molar-refractivity contribution in [2.75, 3.05) is 26.6 Å². The zero-order valence-electron chi connectivity index (χ0n) is 21.8. The molecule has 40 heavy (non-hydrogen) atoms. The number of ether oxygens (including phenoxy) is 3. The number of benzene rings is 1. The van der Waals surface area contributed by atoms with E-state index >= 15 is 0 Å². The van der Waals surface area contributed by atoms with Crippen LogP contribution in [-0.4, -0.2) is 56.6 Å². The van der Waals surface area contributed by atoms with E-state index in [1.807, 2.05) is 35.8 Å². The van der Waals surface area contributed by atoms with Gasteiger partial charge in [-0.15, -0.1) is 11.3 Å². The van der Waals surface area contributed by atoms with Gasteiger partial charge in [0.15, 0.2) is 11.5 Å². The molecule has 0 saturated heterocycles. The number of nitrogen functional groups attached to an aromatic ring is 1. The molecule has 0 bridgehead atoms. The molecule has 202 valence electrons. The van der Waals surface area contributed by atoms with E-state index in [9.17, 15) is 0 Å². The molecule has 6 aromatic rings. The maximum absolute atomic E-state index is 6.37. The van der Waals surface area contributed by atoms with E-state index in [-0.39, 0.29) is 12.6 Å². The van der Waals surface area contributed by atoms with Crippen LogP contribution in [0.1, 0.15) is 0 Å². The number of fused-ring (bicyclic) bond motifs is 3. The Morgan fingerprint density at radius 1 is 0.925 bits per heavy atom. The Morgan fingerprint density at radius 3 is 2.58 bits per heavy atom. The third-order valence-electron chi connectivity index (χ3n) is 6.42. The molecule has 0 spiro atoms. The Morgan fingerprint density at radius 2 is 1.77 bits per heavy atom. The summed E-state index contributed by atoms with van der Waals surface area (Å²) in [4.78, 5) is 17.8. The van der Waals surface area contributed by atoms with Crippen molar-refractivity contribution in [1.29, 1.82) is 0 Å². The van der Waals surface area contributed by atoms with Crippen LogP contribution < -0.4 is 25.7 Å². The summed E-state index contributed by atoms with van der Waals surface area (Å²) in [6.07, 6.45) is 10.6. The van der Waals surface area contributed by atoms with E-state index in [4.69, 9.17) is 25.7 Å². The second-order valence-electron chi connectivity index (χ2n) is 9.11. The standard InChI is InChI=1S/C28H26N8O3S/c1-37-25-7-21-20-6-23(35-27(30)22(20)12-33-24(21)8-26(25)38-2)16-5-19(11-31-9-16)39-15-18(29)14-36-13-17(10-34-36)28-32-3-4-40-28/h3-13,18H,14-15,29H2,1-2H3,(H2,30,35)/t18-/m1/s1. The Hall–Kier alpha value is -4.81. The van der Waals surface area contributed by atoms with Gasteiger partial charge in [0.25, 0.3) is 0 Å². The Bertz CT molecular complexity index is 1810. The van der Waals surface area contributed by atoms with Gasteiger partial charge >= 0.3 is 0 Å². The molecular formula is C28H26N8O3S. The van der Waals surface area contributed by atoms with Crippen LogP contribution >= 0.6 is 11.3 Å². The van der Waals surface area contributed by atoms with Gasteiger partial charge in [0.1, 0.15) is 23.2 Å². The molecule has 0 radical (unpaired) electrons. The molecule has 4 N–H and O–H groups in total. The number of aromatic nitrogens is 6. The van der Waals surface area contributed by atoms with E-state index in [0.29, 0.717) is 35.3 Å². The summed E-state index contributed by atoms with van der Waals surface area (Å²) in [5.41, 5.74) is 15.8. The molecule has 0 aliphatic heterocycles. The van der Waals surface area contributed by atoms with Crippen molar-refractivity contribution >= 4 is 38.8 Å². The number of nitrogens with zero attached hydrogens (tertiary/aromatic N) is 6. The van der Waals surface area contributed by atoms with Gasteiger partial charge in [-0.2, -0.15) is 5.10 Å². The first kappa shape index (κ1) is 25.5. The van der Waals surface area contributed by atoms with Crippen LogP contribution in [0.2, 0.25) is 0 Å². The van der Waals surface area contributed by atoms with Crippen molar-refractivity contribution in [2.45, 2.75) is 12.6 Å². The Balaban J connectivity index is 1.23. The number of thiazole rings is 1. The minimum Gasteiger partial charge on any atom is -0.493 e. The molecule has 1 atom stereocenters. The van der Waals surface area contributed by atoms with Crippen LogP contribution in [0.3, 0.4) is 0 Å². The summed E-state index contributed by atoms with van der Waals surface area (Å²) in [6.45, 7) is 0.777. The quantitative estimate of drug-likeness (QED) is 0.249. The first-order valence-electron chi connectivity index (χ1n) is 12.4. The molecule has 0 saturated carbocycles. The van der Waals surface area contributed by atoms with Crippen LogP contribution in [0.15, 0.2) is 66.8 Å². The van der Waals surface area contributed by atoms with Gasteiger partial charge in [0, 0.05) is 58.1 Å². The minimum atomic E-state index is -0.284. The lowest BCUT2D eigenvalue weighted by Gasteiger charge is -2.14. The van der Waals surface area contributed by atoms with E-state index < -0.39 is 0 Å². The zero-order valence-corrected chi connectivity index (χ0v) is 22.6. The lowest BCUT2D eigenvalue weighted by Crippen LogP contribution is -2.32. The Kier molecular flexibility index (Phi) is 6.84. The molecule has 12 heteroatoms. The predicted molar refractivity (Wildman–Crippen MR) is 155 cm³/mol. The van der Waals surface area contributed by atoms with Crippen molar-refractivity contribution in [2.24, 2.45) is 5.73 Å². The second-order valence-corrected chi connectivity index (χ2v) is 10.00. The second kappa shape index (κ2) is 10.8. The van der Waals surface area contributed by atoms with Gasteiger partial charge in [-0.1, -0.05) is 0 Å². The monoisotopic (exact) mass is 554 g/mol. The lowest BCUT2D eigenvalue weighted by atomic mass is 10.0. The smallest absolute Gasteiger partial charge is 0.162 e. The maximum Gasteiger partial charge on any atom is 0.162 e. The molecule has 11 nitrogen and oxygen atoms in total.